The van der Waals surface area contributed by atoms with Crippen molar-refractivity contribution in [3.63, 3.8) is 0 Å². The number of carbonyl (C=O) groups is 2. The van der Waals surface area contributed by atoms with Crippen molar-refractivity contribution in [2.75, 3.05) is 23.5 Å². The molecule has 2 heterocycles. The van der Waals surface area contributed by atoms with Gasteiger partial charge in [0.25, 0.3) is 0 Å². The summed E-state index contributed by atoms with van der Waals surface area (Å²) in [5, 5.41) is 12.4. The van der Waals surface area contributed by atoms with E-state index >= 15 is 0 Å². The fourth-order valence-electron chi connectivity index (χ4n) is 2.72. The highest BCUT2D eigenvalue weighted by Gasteiger charge is 2.38. The number of aliphatic carboxylic acids is 1. The Morgan fingerprint density at radius 2 is 2.15 bits per heavy atom. The predicted molar refractivity (Wildman–Crippen MR) is 77.7 cm³/mol. The fraction of sp³-hybridized carbons (Fsp3) is 0.429. The van der Waals surface area contributed by atoms with Gasteiger partial charge in [0.05, 0.1) is 11.8 Å². The molecule has 1 fully saturated rings. The maximum absolute atomic E-state index is 12.5. The Hall–Kier alpha value is -1.69. The molecule has 0 aliphatic carbocycles. The summed E-state index contributed by atoms with van der Waals surface area (Å²) in [5.41, 5.74) is 2.19. The lowest BCUT2D eigenvalue weighted by atomic mass is 9.92. The molecule has 1 aromatic rings. The second-order valence-electron chi connectivity index (χ2n) is 5.10. The van der Waals surface area contributed by atoms with Crippen molar-refractivity contribution in [1.82, 2.24) is 4.90 Å². The van der Waals surface area contributed by atoms with Crippen molar-refractivity contribution in [1.29, 1.82) is 0 Å². The highest BCUT2D eigenvalue weighted by Crippen LogP contribution is 2.28. The van der Waals surface area contributed by atoms with Crippen LogP contribution in [0.4, 0.5) is 5.69 Å². The van der Waals surface area contributed by atoms with Crippen LogP contribution in [0.2, 0.25) is 0 Å². The summed E-state index contributed by atoms with van der Waals surface area (Å²) in [7, 11) is 0. The molecular weight excluding hydrogens is 276 g/mol. The molecule has 0 radical (unpaired) electrons. The Morgan fingerprint density at radius 1 is 1.35 bits per heavy atom. The molecule has 0 aromatic heterocycles. The zero-order valence-corrected chi connectivity index (χ0v) is 11.7. The molecule has 2 atom stereocenters. The second-order valence-corrected chi connectivity index (χ2v) is 6.10. The Morgan fingerprint density at radius 3 is 2.95 bits per heavy atom. The lowest BCUT2D eigenvalue weighted by Gasteiger charge is -2.30. The Balaban J connectivity index is 1.74. The summed E-state index contributed by atoms with van der Waals surface area (Å²) >= 11 is 1.50. The number of para-hydroxylation sites is 1. The van der Waals surface area contributed by atoms with Crippen molar-refractivity contribution in [2.24, 2.45) is 5.92 Å². The molecule has 2 aliphatic rings. The first-order valence-electron chi connectivity index (χ1n) is 6.59. The van der Waals surface area contributed by atoms with E-state index in [9.17, 15) is 9.59 Å². The van der Waals surface area contributed by atoms with Crippen LogP contribution in [0.25, 0.3) is 0 Å². The molecule has 1 unspecified atom stereocenters. The van der Waals surface area contributed by atoms with Gasteiger partial charge in [-0.05, 0) is 18.1 Å². The van der Waals surface area contributed by atoms with Gasteiger partial charge in [-0.25, -0.2) is 4.79 Å². The van der Waals surface area contributed by atoms with Crippen molar-refractivity contribution in [3.8, 4) is 0 Å². The number of hydrogen-bond donors (Lipinski definition) is 2. The minimum atomic E-state index is -0.910. The molecule has 2 aliphatic heterocycles. The van der Waals surface area contributed by atoms with E-state index in [1.807, 2.05) is 24.3 Å². The number of amides is 1. The quantitative estimate of drug-likeness (QED) is 0.859. The molecule has 0 spiro atoms. The van der Waals surface area contributed by atoms with E-state index in [2.05, 4.69) is 5.32 Å². The van der Waals surface area contributed by atoms with Crippen LogP contribution in [0, 0.1) is 5.92 Å². The highest BCUT2D eigenvalue weighted by atomic mass is 32.2. The number of benzene rings is 1. The van der Waals surface area contributed by atoms with E-state index in [0.29, 0.717) is 24.6 Å². The molecule has 106 valence electrons. The molecule has 2 N–H and O–H groups in total. The van der Waals surface area contributed by atoms with Gasteiger partial charge in [-0.15, -0.1) is 11.8 Å². The Bertz CT molecular complexity index is 549. The summed E-state index contributed by atoms with van der Waals surface area (Å²) in [4.78, 5) is 25.2. The SMILES string of the molecule is O=C(O)[C@@H]1CSCN1C(=O)C1CNc2ccccc2C1. The van der Waals surface area contributed by atoms with E-state index in [1.165, 1.54) is 16.7 Å². The standard InChI is InChI=1S/C14H16N2O3S/c17-13(16-8-20-7-12(16)14(18)19)10-5-9-3-1-2-4-11(9)15-6-10/h1-4,10,12,15H,5-8H2,(H,18,19)/t10?,12-/m0/s1. The molecule has 3 rings (SSSR count). The van der Waals surface area contributed by atoms with Crippen LogP contribution in [-0.4, -0.2) is 46.1 Å². The molecular formula is C14H16N2O3S. The van der Waals surface area contributed by atoms with E-state index in [1.54, 1.807) is 0 Å². The minimum absolute atomic E-state index is 0.0515. The average Bonchev–Trinajstić information content (AvgIpc) is 2.95. The molecule has 5 nitrogen and oxygen atoms in total. The number of thioether (sulfide) groups is 1. The number of rotatable bonds is 2. The molecule has 0 saturated carbocycles. The van der Waals surface area contributed by atoms with E-state index in [4.69, 9.17) is 5.11 Å². The van der Waals surface area contributed by atoms with E-state index in [0.717, 1.165) is 11.3 Å². The van der Waals surface area contributed by atoms with Gasteiger partial charge < -0.3 is 15.3 Å². The molecule has 20 heavy (non-hydrogen) atoms. The first kappa shape index (κ1) is 13.3. The normalized spacial score (nSPS) is 24.9. The molecule has 6 heteroatoms. The summed E-state index contributed by atoms with van der Waals surface area (Å²) < 4.78 is 0. The van der Waals surface area contributed by atoms with Crippen LogP contribution < -0.4 is 5.32 Å². The Kier molecular flexibility index (Phi) is 3.56. The summed E-state index contributed by atoms with van der Waals surface area (Å²) in [6, 6.07) is 7.26. The highest BCUT2D eigenvalue weighted by molar-refractivity contribution is 7.99. The average molecular weight is 292 g/mol. The van der Waals surface area contributed by atoms with Crippen LogP contribution in [0.5, 0.6) is 0 Å². The van der Waals surface area contributed by atoms with Gasteiger partial charge in [0.2, 0.25) is 5.91 Å². The first-order chi connectivity index (χ1) is 9.66. The van der Waals surface area contributed by atoms with Gasteiger partial charge in [-0.3, -0.25) is 4.79 Å². The van der Waals surface area contributed by atoms with Crippen LogP contribution in [0.15, 0.2) is 24.3 Å². The van der Waals surface area contributed by atoms with Crippen LogP contribution in [0.3, 0.4) is 0 Å². The number of carbonyl (C=O) groups excluding carboxylic acids is 1. The molecule has 1 amide bonds. The molecule has 1 saturated heterocycles. The van der Waals surface area contributed by atoms with Gasteiger partial charge in [-0.2, -0.15) is 0 Å². The molecule has 0 bridgehead atoms. The lowest BCUT2D eigenvalue weighted by molar-refractivity contribution is -0.149. The van der Waals surface area contributed by atoms with Gasteiger partial charge in [0.1, 0.15) is 6.04 Å². The van der Waals surface area contributed by atoms with Crippen LogP contribution in [0.1, 0.15) is 5.56 Å². The second kappa shape index (κ2) is 5.36. The van der Waals surface area contributed by atoms with Gasteiger partial charge >= 0.3 is 5.97 Å². The Labute approximate surface area is 121 Å². The summed E-state index contributed by atoms with van der Waals surface area (Å²) in [5.74, 6) is -0.173. The number of nitrogens with zero attached hydrogens (tertiary/aromatic N) is 1. The third-order valence-electron chi connectivity index (χ3n) is 3.82. The van der Waals surface area contributed by atoms with E-state index < -0.39 is 12.0 Å². The summed E-state index contributed by atoms with van der Waals surface area (Å²) in [6.45, 7) is 0.573. The maximum atomic E-state index is 12.5. The zero-order chi connectivity index (χ0) is 14.1. The number of anilines is 1. The zero-order valence-electron chi connectivity index (χ0n) is 10.9. The van der Waals surface area contributed by atoms with Crippen LogP contribution in [-0.2, 0) is 16.0 Å². The summed E-state index contributed by atoms with van der Waals surface area (Å²) in [6.07, 6.45) is 0.676. The number of fused-ring (bicyclic) bond motifs is 1. The van der Waals surface area contributed by atoms with Crippen molar-refractivity contribution < 1.29 is 14.7 Å². The third kappa shape index (κ3) is 2.35. The smallest absolute Gasteiger partial charge is 0.327 e. The number of hydrogen-bond acceptors (Lipinski definition) is 4. The number of nitrogens with one attached hydrogen (secondary N) is 1. The maximum Gasteiger partial charge on any atom is 0.327 e. The van der Waals surface area contributed by atoms with Crippen molar-refractivity contribution in [3.05, 3.63) is 29.8 Å². The van der Waals surface area contributed by atoms with Gasteiger partial charge in [0.15, 0.2) is 0 Å². The third-order valence-corrected chi connectivity index (χ3v) is 4.83. The molecule has 1 aromatic carbocycles. The minimum Gasteiger partial charge on any atom is -0.480 e. The van der Waals surface area contributed by atoms with Gasteiger partial charge in [0, 0.05) is 18.0 Å². The van der Waals surface area contributed by atoms with E-state index in [-0.39, 0.29) is 11.8 Å². The van der Waals surface area contributed by atoms with Crippen LogP contribution >= 0.6 is 11.8 Å². The fourth-order valence-corrected chi connectivity index (χ4v) is 3.87. The largest absolute Gasteiger partial charge is 0.480 e. The van der Waals surface area contributed by atoms with Crippen molar-refractivity contribution in [2.45, 2.75) is 12.5 Å². The predicted octanol–water partition coefficient (Wildman–Crippen LogP) is 1.26. The number of carboxylic acid groups (broad SMARTS) is 1. The topological polar surface area (TPSA) is 69.6 Å². The van der Waals surface area contributed by atoms with Crippen molar-refractivity contribution >= 4 is 29.3 Å². The first-order valence-corrected chi connectivity index (χ1v) is 7.75. The monoisotopic (exact) mass is 292 g/mol. The lowest BCUT2D eigenvalue weighted by Crippen LogP contribution is -2.47. The van der Waals surface area contributed by atoms with Gasteiger partial charge in [-0.1, -0.05) is 18.2 Å². The number of carboxylic acids is 1.